The summed E-state index contributed by atoms with van der Waals surface area (Å²) >= 11 is 0. The van der Waals surface area contributed by atoms with Crippen molar-refractivity contribution in [2.75, 3.05) is 20.2 Å². The molecule has 1 saturated heterocycles. The van der Waals surface area contributed by atoms with Crippen LogP contribution in [0.15, 0.2) is 36.7 Å². The van der Waals surface area contributed by atoms with Crippen LogP contribution in [0.2, 0.25) is 0 Å². The van der Waals surface area contributed by atoms with E-state index in [1.807, 2.05) is 29.2 Å². The van der Waals surface area contributed by atoms with E-state index >= 15 is 0 Å². The van der Waals surface area contributed by atoms with Crippen LogP contribution in [0.4, 0.5) is 0 Å². The highest BCUT2D eigenvalue weighted by Crippen LogP contribution is 2.23. The van der Waals surface area contributed by atoms with Gasteiger partial charge in [0.25, 0.3) is 0 Å². The maximum absolute atomic E-state index is 12.5. The van der Waals surface area contributed by atoms with Gasteiger partial charge in [-0.2, -0.15) is 5.10 Å². The Morgan fingerprint density at radius 1 is 1.31 bits per heavy atom. The molecule has 7 nitrogen and oxygen atoms in total. The van der Waals surface area contributed by atoms with Crippen molar-refractivity contribution in [2.24, 2.45) is 0 Å². The molecule has 1 N–H and O–H groups in total. The monoisotopic (exact) mass is 357 g/mol. The lowest BCUT2D eigenvalue weighted by atomic mass is 10.0. The number of carboxylic acids is 1. The highest BCUT2D eigenvalue weighted by Gasteiger charge is 2.24. The number of aromatic nitrogens is 2. The van der Waals surface area contributed by atoms with Gasteiger partial charge in [0, 0.05) is 25.7 Å². The molecule has 1 aliphatic heterocycles. The molecule has 1 aromatic carbocycles. The maximum atomic E-state index is 12.5. The fourth-order valence-electron chi connectivity index (χ4n) is 3.27. The number of carbonyl (C=O) groups is 2. The molecule has 1 aliphatic rings. The molecule has 1 fully saturated rings. The summed E-state index contributed by atoms with van der Waals surface area (Å²) in [6.45, 7) is 1.34. The molecule has 3 rings (SSSR count). The first kappa shape index (κ1) is 18.0. The number of ether oxygens (including phenoxy) is 1. The third-order valence-electron chi connectivity index (χ3n) is 4.80. The minimum absolute atomic E-state index is 0.144. The number of aromatic carboxylic acids is 1. The summed E-state index contributed by atoms with van der Waals surface area (Å²) in [5.74, 6) is -0.0184. The van der Waals surface area contributed by atoms with Gasteiger partial charge in [0.05, 0.1) is 24.9 Å². The summed E-state index contributed by atoms with van der Waals surface area (Å²) in [6, 6.07) is 7.92. The number of hydrogen-bond donors (Lipinski definition) is 1. The molecule has 1 amide bonds. The Balaban J connectivity index is 1.49. The number of likely N-dealkylation sites (tertiary alicyclic amines) is 1. The molecule has 2 heterocycles. The van der Waals surface area contributed by atoms with Gasteiger partial charge in [0.2, 0.25) is 5.91 Å². The van der Waals surface area contributed by atoms with E-state index in [0.717, 1.165) is 24.2 Å². The zero-order chi connectivity index (χ0) is 18.5. The van der Waals surface area contributed by atoms with E-state index < -0.39 is 5.97 Å². The molecular formula is C19H23N3O4. The van der Waals surface area contributed by atoms with Crippen LogP contribution in [0, 0.1) is 0 Å². The molecule has 0 aliphatic carbocycles. The third-order valence-corrected chi connectivity index (χ3v) is 4.80. The summed E-state index contributed by atoms with van der Waals surface area (Å²) in [5.41, 5.74) is 1.28. The molecule has 0 saturated carbocycles. The van der Waals surface area contributed by atoms with Crippen molar-refractivity contribution in [1.82, 2.24) is 14.7 Å². The molecule has 7 heteroatoms. The van der Waals surface area contributed by atoms with Crippen molar-refractivity contribution >= 4 is 11.9 Å². The Hall–Kier alpha value is -2.83. The van der Waals surface area contributed by atoms with Crippen molar-refractivity contribution < 1.29 is 19.4 Å². The number of carboxylic acid groups (broad SMARTS) is 1. The summed E-state index contributed by atoms with van der Waals surface area (Å²) in [4.78, 5) is 25.3. The van der Waals surface area contributed by atoms with Crippen molar-refractivity contribution in [1.29, 1.82) is 0 Å². The zero-order valence-corrected chi connectivity index (χ0v) is 14.8. The molecule has 138 valence electrons. The fourth-order valence-corrected chi connectivity index (χ4v) is 3.27. The van der Waals surface area contributed by atoms with Gasteiger partial charge in [-0.15, -0.1) is 0 Å². The van der Waals surface area contributed by atoms with E-state index in [2.05, 4.69) is 5.10 Å². The van der Waals surface area contributed by atoms with Gasteiger partial charge in [0.15, 0.2) is 0 Å². The van der Waals surface area contributed by atoms with Gasteiger partial charge in [-0.05, 0) is 37.0 Å². The first-order valence-electron chi connectivity index (χ1n) is 8.75. The Morgan fingerprint density at radius 2 is 2.08 bits per heavy atom. The molecule has 0 radical (unpaired) electrons. The molecule has 0 bridgehead atoms. The van der Waals surface area contributed by atoms with E-state index in [1.165, 1.54) is 6.20 Å². The fraction of sp³-hybridized carbons (Fsp3) is 0.421. The predicted molar refractivity (Wildman–Crippen MR) is 95.4 cm³/mol. The van der Waals surface area contributed by atoms with Crippen LogP contribution in [-0.2, 0) is 11.2 Å². The molecule has 26 heavy (non-hydrogen) atoms. The molecular weight excluding hydrogens is 334 g/mol. The summed E-state index contributed by atoms with van der Waals surface area (Å²) in [6.07, 6.45) is 5.67. The average Bonchev–Trinajstić information content (AvgIpc) is 3.17. The van der Waals surface area contributed by atoms with E-state index in [4.69, 9.17) is 9.84 Å². The number of piperidine rings is 1. The van der Waals surface area contributed by atoms with Crippen LogP contribution in [0.25, 0.3) is 0 Å². The maximum Gasteiger partial charge on any atom is 0.338 e. The van der Waals surface area contributed by atoms with E-state index in [0.29, 0.717) is 25.9 Å². The van der Waals surface area contributed by atoms with Crippen molar-refractivity contribution in [3.05, 3.63) is 47.8 Å². The number of carbonyl (C=O) groups excluding carboxylic acids is 1. The lowest BCUT2D eigenvalue weighted by Gasteiger charge is -2.32. The van der Waals surface area contributed by atoms with Gasteiger partial charge < -0.3 is 14.7 Å². The summed E-state index contributed by atoms with van der Waals surface area (Å²) in [5, 5.41) is 13.1. The molecule has 0 atom stereocenters. The Kier molecular flexibility index (Phi) is 5.55. The number of benzene rings is 1. The van der Waals surface area contributed by atoms with Crippen LogP contribution in [-0.4, -0.2) is 51.9 Å². The van der Waals surface area contributed by atoms with E-state index in [-0.39, 0.29) is 17.5 Å². The molecule has 0 unspecified atom stereocenters. The lowest BCUT2D eigenvalue weighted by molar-refractivity contribution is -0.132. The van der Waals surface area contributed by atoms with Gasteiger partial charge in [-0.3, -0.25) is 9.48 Å². The third kappa shape index (κ3) is 4.22. The molecule has 1 aromatic heterocycles. The van der Waals surface area contributed by atoms with Crippen LogP contribution in [0.1, 0.15) is 41.2 Å². The topological polar surface area (TPSA) is 84.7 Å². The number of nitrogens with zero attached hydrogens (tertiary/aromatic N) is 3. The first-order chi connectivity index (χ1) is 12.6. The minimum Gasteiger partial charge on any atom is -0.497 e. The van der Waals surface area contributed by atoms with E-state index in [9.17, 15) is 9.59 Å². The van der Waals surface area contributed by atoms with Gasteiger partial charge in [0.1, 0.15) is 5.75 Å². The first-order valence-corrected chi connectivity index (χ1v) is 8.75. The van der Waals surface area contributed by atoms with Gasteiger partial charge in [-0.1, -0.05) is 12.1 Å². The van der Waals surface area contributed by atoms with Gasteiger partial charge >= 0.3 is 5.97 Å². The van der Waals surface area contributed by atoms with Crippen LogP contribution < -0.4 is 4.74 Å². The highest BCUT2D eigenvalue weighted by atomic mass is 16.5. The van der Waals surface area contributed by atoms with Gasteiger partial charge in [-0.25, -0.2) is 4.79 Å². The SMILES string of the molecule is COc1cccc(CCC(=O)N2CCC(n3cc(C(=O)O)cn3)CC2)c1. The summed E-state index contributed by atoms with van der Waals surface area (Å²) in [7, 11) is 1.63. The number of amides is 1. The predicted octanol–water partition coefficient (Wildman–Crippen LogP) is 2.39. The standard InChI is InChI=1S/C19H23N3O4/c1-26-17-4-2-3-14(11-17)5-6-18(23)21-9-7-16(8-10-21)22-13-15(12-20-22)19(24)25/h2-4,11-13,16H,5-10H2,1H3,(H,24,25). The second-order valence-electron chi connectivity index (χ2n) is 6.48. The number of aryl methyl sites for hydroxylation is 1. The Labute approximate surface area is 152 Å². The van der Waals surface area contributed by atoms with Crippen molar-refractivity contribution in [3.63, 3.8) is 0 Å². The zero-order valence-electron chi connectivity index (χ0n) is 14.8. The largest absolute Gasteiger partial charge is 0.497 e. The molecule has 0 spiro atoms. The normalized spacial score (nSPS) is 15.0. The quantitative estimate of drug-likeness (QED) is 0.858. The number of methoxy groups -OCH3 is 1. The smallest absolute Gasteiger partial charge is 0.338 e. The highest BCUT2D eigenvalue weighted by molar-refractivity contribution is 5.86. The van der Waals surface area contributed by atoms with E-state index in [1.54, 1.807) is 18.0 Å². The van der Waals surface area contributed by atoms with Crippen molar-refractivity contribution in [3.8, 4) is 5.75 Å². The second kappa shape index (κ2) is 8.03. The van der Waals surface area contributed by atoms with Crippen LogP contribution >= 0.6 is 0 Å². The van der Waals surface area contributed by atoms with Crippen LogP contribution in [0.5, 0.6) is 5.75 Å². The van der Waals surface area contributed by atoms with Crippen molar-refractivity contribution in [2.45, 2.75) is 31.7 Å². The average molecular weight is 357 g/mol. The van der Waals surface area contributed by atoms with Crippen LogP contribution in [0.3, 0.4) is 0 Å². The minimum atomic E-state index is -0.971. The summed E-state index contributed by atoms with van der Waals surface area (Å²) < 4.78 is 6.92. The Bertz CT molecular complexity index is 779. The number of rotatable bonds is 6. The lowest BCUT2D eigenvalue weighted by Crippen LogP contribution is -2.39. The Morgan fingerprint density at radius 3 is 2.73 bits per heavy atom. The second-order valence-corrected chi connectivity index (χ2v) is 6.48. The number of hydrogen-bond acceptors (Lipinski definition) is 4. The molecule has 2 aromatic rings.